The molecule has 0 spiro atoms. The van der Waals surface area contributed by atoms with Crippen molar-refractivity contribution >= 4 is 21.1 Å². The molecular weight excluding hydrogens is 445 g/mol. The van der Waals surface area contributed by atoms with Gasteiger partial charge in [-0.3, -0.25) is 4.68 Å². The van der Waals surface area contributed by atoms with E-state index in [9.17, 15) is 26.7 Å². The lowest BCUT2D eigenvalue weighted by molar-refractivity contribution is -0.137. The van der Waals surface area contributed by atoms with Gasteiger partial charge in [0, 0.05) is 30.2 Å². The van der Waals surface area contributed by atoms with Crippen LogP contribution in [0.2, 0.25) is 0 Å². The van der Waals surface area contributed by atoms with Crippen LogP contribution in [0.15, 0.2) is 30.5 Å². The van der Waals surface area contributed by atoms with Crippen molar-refractivity contribution in [3.63, 3.8) is 0 Å². The molecule has 1 aliphatic heterocycles. The SMILES string of the molecule is CCS(=O)(=O)N1CCC(n2cc3ccc(-c4c(C)cc(C(F)(F)F)cc4O)nc3n2)CC1. The molecule has 3 heterocycles. The summed E-state index contributed by atoms with van der Waals surface area (Å²) >= 11 is 0. The van der Waals surface area contributed by atoms with E-state index in [4.69, 9.17) is 0 Å². The molecule has 32 heavy (non-hydrogen) atoms. The maximum absolute atomic E-state index is 13.0. The summed E-state index contributed by atoms with van der Waals surface area (Å²) in [5, 5.41) is 15.5. The summed E-state index contributed by atoms with van der Waals surface area (Å²) in [6, 6.07) is 5.11. The van der Waals surface area contributed by atoms with E-state index in [1.54, 1.807) is 23.7 Å². The molecule has 0 radical (unpaired) electrons. The Labute approximate surface area is 183 Å². The minimum absolute atomic E-state index is 0.0252. The van der Waals surface area contributed by atoms with Gasteiger partial charge in [0.1, 0.15) is 5.75 Å². The number of benzene rings is 1. The average Bonchev–Trinajstić information content (AvgIpc) is 3.16. The Hall–Kier alpha value is -2.66. The van der Waals surface area contributed by atoms with Crippen LogP contribution in [0, 0.1) is 6.92 Å². The summed E-state index contributed by atoms with van der Waals surface area (Å²) in [6.45, 7) is 3.97. The Morgan fingerprint density at radius 3 is 2.47 bits per heavy atom. The van der Waals surface area contributed by atoms with E-state index < -0.39 is 27.5 Å². The molecule has 1 N–H and O–H groups in total. The van der Waals surface area contributed by atoms with Gasteiger partial charge in [0.25, 0.3) is 0 Å². The third kappa shape index (κ3) is 4.18. The number of nitrogens with zero attached hydrogens (tertiary/aromatic N) is 4. The number of alkyl halides is 3. The van der Waals surface area contributed by atoms with E-state index in [1.165, 1.54) is 11.2 Å². The molecule has 0 saturated carbocycles. The van der Waals surface area contributed by atoms with E-state index in [-0.39, 0.29) is 22.9 Å². The lowest BCUT2D eigenvalue weighted by atomic mass is 10.00. The molecule has 2 aromatic heterocycles. The third-order valence-corrected chi connectivity index (χ3v) is 7.72. The number of piperidine rings is 1. The van der Waals surface area contributed by atoms with Crippen LogP contribution in [0.1, 0.15) is 36.9 Å². The van der Waals surface area contributed by atoms with Gasteiger partial charge in [-0.25, -0.2) is 17.7 Å². The Morgan fingerprint density at radius 1 is 1.19 bits per heavy atom. The van der Waals surface area contributed by atoms with Crippen molar-refractivity contribution in [1.29, 1.82) is 0 Å². The Morgan fingerprint density at radius 2 is 1.88 bits per heavy atom. The van der Waals surface area contributed by atoms with Gasteiger partial charge in [-0.05, 0) is 56.5 Å². The average molecular weight is 469 g/mol. The molecule has 4 rings (SSSR count). The molecule has 172 valence electrons. The summed E-state index contributed by atoms with van der Waals surface area (Å²) in [7, 11) is -3.21. The summed E-state index contributed by atoms with van der Waals surface area (Å²) < 4.78 is 66.4. The van der Waals surface area contributed by atoms with Crippen molar-refractivity contribution in [2.45, 2.75) is 38.9 Å². The van der Waals surface area contributed by atoms with Crippen LogP contribution in [-0.2, 0) is 16.2 Å². The number of aromatic nitrogens is 3. The van der Waals surface area contributed by atoms with E-state index >= 15 is 0 Å². The first kappa shape index (κ1) is 22.5. The number of phenolic OH excluding ortho intramolecular Hbond substituents is 1. The van der Waals surface area contributed by atoms with E-state index in [0.717, 1.165) is 11.5 Å². The highest BCUT2D eigenvalue weighted by Gasteiger charge is 2.32. The molecule has 0 unspecified atom stereocenters. The topological polar surface area (TPSA) is 88.3 Å². The first-order valence-corrected chi connectivity index (χ1v) is 11.9. The van der Waals surface area contributed by atoms with Crippen molar-refractivity contribution in [2.75, 3.05) is 18.8 Å². The smallest absolute Gasteiger partial charge is 0.416 e. The van der Waals surface area contributed by atoms with Gasteiger partial charge in [-0.1, -0.05) is 0 Å². The summed E-state index contributed by atoms with van der Waals surface area (Å²) in [5.41, 5.74) is 0.304. The first-order valence-electron chi connectivity index (χ1n) is 10.2. The highest BCUT2D eigenvalue weighted by atomic mass is 32.2. The summed E-state index contributed by atoms with van der Waals surface area (Å²) in [4.78, 5) is 4.46. The number of hydrogen-bond acceptors (Lipinski definition) is 5. The number of aryl methyl sites for hydroxylation is 1. The standard InChI is InChI=1S/C21H23F3N4O3S/c1-3-32(30,31)27-8-6-16(7-9-27)28-12-14-4-5-17(25-20(14)26-28)19-13(2)10-15(11-18(19)29)21(22,23)24/h4-5,10-12,16,29H,3,6-9H2,1-2H3. The fourth-order valence-corrected chi connectivity index (χ4v) is 5.21. The molecule has 0 aliphatic carbocycles. The highest BCUT2D eigenvalue weighted by Crippen LogP contribution is 2.39. The van der Waals surface area contributed by atoms with Crippen LogP contribution in [0.25, 0.3) is 22.3 Å². The van der Waals surface area contributed by atoms with E-state index in [0.29, 0.717) is 43.3 Å². The number of fused-ring (bicyclic) bond motifs is 1. The normalized spacial score (nSPS) is 16.7. The fourth-order valence-electron chi connectivity index (χ4n) is 4.08. The second-order valence-electron chi connectivity index (χ2n) is 7.93. The molecule has 1 fully saturated rings. The maximum Gasteiger partial charge on any atom is 0.416 e. The Bertz CT molecular complexity index is 1240. The number of phenols is 1. The van der Waals surface area contributed by atoms with Gasteiger partial charge in [0.05, 0.1) is 23.1 Å². The quantitative estimate of drug-likeness (QED) is 0.622. The van der Waals surface area contributed by atoms with Gasteiger partial charge in [-0.2, -0.15) is 18.3 Å². The zero-order chi connectivity index (χ0) is 23.3. The largest absolute Gasteiger partial charge is 0.507 e. The molecule has 1 aliphatic rings. The molecule has 3 aromatic rings. The van der Waals surface area contributed by atoms with Gasteiger partial charge in [-0.15, -0.1) is 0 Å². The maximum atomic E-state index is 13.0. The summed E-state index contributed by atoms with van der Waals surface area (Å²) in [5.74, 6) is -0.417. The predicted molar refractivity (Wildman–Crippen MR) is 114 cm³/mol. The fraction of sp³-hybridized carbons (Fsp3) is 0.429. The number of aromatic hydroxyl groups is 1. The Kier molecular flexibility index (Phi) is 5.66. The molecule has 0 amide bonds. The van der Waals surface area contributed by atoms with Crippen molar-refractivity contribution in [3.05, 3.63) is 41.6 Å². The molecule has 0 bridgehead atoms. The van der Waals surface area contributed by atoms with Crippen molar-refractivity contribution in [2.24, 2.45) is 0 Å². The van der Waals surface area contributed by atoms with Crippen LogP contribution in [-0.4, -0.2) is 51.4 Å². The number of halogens is 3. The second kappa shape index (κ2) is 8.04. The highest BCUT2D eigenvalue weighted by molar-refractivity contribution is 7.89. The van der Waals surface area contributed by atoms with Crippen molar-refractivity contribution < 1.29 is 26.7 Å². The van der Waals surface area contributed by atoms with Crippen LogP contribution >= 0.6 is 0 Å². The lowest BCUT2D eigenvalue weighted by Crippen LogP contribution is -2.39. The number of hydrogen-bond donors (Lipinski definition) is 1. The van der Waals surface area contributed by atoms with Crippen LogP contribution < -0.4 is 0 Å². The minimum atomic E-state index is -4.55. The zero-order valence-corrected chi connectivity index (χ0v) is 18.4. The van der Waals surface area contributed by atoms with Crippen LogP contribution in [0.5, 0.6) is 5.75 Å². The number of sulfonamides is 1. The van der Waals surface area contributed by atoms with Gasteiger partial charge in [0.15, 0.2) is 5.65 Å². The van der Waals surface area contributed by atoms with E-state index in [2.05, 4.69) is 10.1 Å². The van der Waals surface area contributed by atoms with Gasteiger partial charge < -0.3 is 5.11 Å². The zero-order valence-electron chi connectivity index (χ0n) is 17.6. The molecule has 1 aromatic carbocycles. The molecular formula is C21H23F3N4O3S. The Balaban J connectivity index is 1.61. The third-order valence-electron chi connectivity index (χ3n) is 5.84. The first-order chi connectivity index (χ1) is 15.0. The molecule has 11 heteroatoms. The van der Waals surface area contributed by atoms with Crippen molar-refractivity contribution in [3.8, 4) is 17.0 Å². The van der Waals surface area contributed by atoms with Gasteiger partial charge in [0.2, 0.25) is 10.0 Å². The monoisotopic (exact) mass is 468 g/mol. The second-order valence-corrected chi connectivity index (χ2v) is 10.2. The minimum Gasteiger partial charge on any atom is -0.507 e. The van der Waals surface area contributed by atoms with E-state index in [1.807, 2.05) is 6.20 Å². The van der Waals surface area contributed by atoms with Crippen LogP contribution in [0.4, 0.5) is 13.2 Å². The van der Waals surface area contributed by atoms with Crippen molar-refractivity contribution in [1.82, 2.24) is 19.1 Å². The van der Waals surface area contributed by atoms with Gasteiger partial charge >= 0.3 is 6.18 Å². The molecule has 7 nitrogen and oxygen atoms in total. The number of rotatable bonds is 4. The molecule has 1 saturated heterocycles. The molecule has 0 atom stereocenters. The lowest BCUT2D eigenvalue weighted by Gasteiger charge is -2.30. The number of pyridine rings is 1. The van der Waals surface area contributed by atoms with Crippen LogP contribution in [0.3, 0.4) is 0 Å². The predicted octanol–water partition coefficient (Wildman–Crippen LogP) is 4.12. The summed E-state index contributed by atoms with van der Waals surface area (Å²) in [6.07, 6.45) is -1.47.